The fraction of sp³-hybridized carbons (Fsp3) is 0.346. The second-order valence-electron chi connectivity index (χ2n) is 9.41. The van der Waals surface area contributed by atoms with Gasteiger partial charge in [0.2, 0.25) is 11.8 Å². The highest BCUT2D eigenvalue weighted by Crippen LogP contribution is 2.37. The van der Waals surface area contributed by atoms with Crippen LogP contribution < -0.4 is 10.5 Å². The summed E-state index contributed by atoms with van der Waals surface area (Å²) in [5.41, 5.74) is 8.08. The molecule has 192 valence electrons. The van der Waals surface area contributed by atoms with E-state index < -0.39 is 17.8 Å². The van der Waals surface area contributed by atoms with E-state index in [9.17, 15) is 9.18 Å². The van der Waals surface area contributed by atoms with Gasteiger partial charge in [0, 0.05) is 23.7 Å². The van der Waals surface area contributed by atoms with Gasteiger partial charge < -0.3 is 19.8 Å². The Balaban J connectivity index is 1.44. The van der Waals surface area contributed by atoms with Gasteiger partial charge in [-0.1, -0.05) is 30.3 Å². The minimum absolute atomic E-state index is 0.0147. The number of carbonyl (C=O) groups is 1. The number of nitrogens with zero attached hydrogens (tertiary/aromatic N) is 5. The molecule has 0 radical (unpaired) electrons. The normalized spacial score (nSPS) is 19.1. The molecule has 0 aliphatic carbocycles. The van der Waals surface area contributed by atoms with Crippen molar-refractivity contribution in [1.82, 2.24) is 25.1 Å². The molecule has 3 aromatic heterocycles. The third-order valence-corrected chi connectivity index (χ3v) is 7.35. The maximum atomic E-state index is 14.4. The van der Waals surface area contributed by atoms with E-state index in [1.54, 1.807) is 6.07 Å². The van der Waals surface area contributed by atoms with E-state index in [0.29, 0.717) is 12.0 Å². The summed E-state index contributed by atoms with van der Waals surface area (Å²) in [6.45, 7) is 3.67. The summed E-state index contributed by atoms with van der Waals surface area (Å²) in [7, 11) is 1.46. The fourth-order valence-electron chi connectivity index (χ4n) is 4.48. The highest BCUT2D eigenvalue weighted by Gasteiger charge is 2.39. The van der Waals surface area contributed by atoms with Gasteiger partial charge in [0.05, 0.1) is 30.8 Å². The quantitative estimate of drug-likeness (QED) is 0.383. The number of aromatic nitrogens is 4. The summed E-state index contributed by atoms with van der Waals surface area (Å²) in [4.78, 5) is 23.8. The van der Waals surface area contributed by atoms with E-state index in [1.165, 1.54) is 29.5 Å². The SMILES string of the molecule is COc1ncc(C(=O)N2CC(F)CC2c2nc(C)cs2)cc1-c1nnc(C(C)(N)Cc2ccccc2)o1. The molecule has 1 aromatic carbocycles. The lowest BCUT2D eigenvalue weighted by atomic mass is 9.94. The summed E-state index contributed by atoms with van der Waals surface area (Å²) in [6.07, 6.45) is 0.966. The zero-order valence-corrected chi connectivity index (χ0v) is 21.5. The van der Waals surface area contributed by atoms with Crippen molar-refractivity contribution < 1.29 is 18.3 Å². The Labute approximate surface area is 217 Å². The molecular formula is C26H27FN6O3S. The highest BCUT2D eigenvalue weighted by atomic mass is 32.1. The predicted molar refractivity (Wildman–Crippen MR) is 136 cm³/mol. The van der Waals surface area contributed by atoms with Crippen molar-refractivity contribution in [3.05, 3.63) is 75.7 Å². The fourth-order valence-corrected chi connectivity index (χ4v) is 5.40. The third kappa shape index (κ3) is 5.09. The Kier molecular flexibility index (Phi) is 6.74. The van der Waals surface area contributed by atoms with Gasteiger partial charge in [0.1, 0.15) is 16.7 Å². The number of nitrogens with two attached hydrogens (primary N) is 1. The molecule has 2 N–H and O–H groups in total. The van der Waals surface area contributed by atoms with Crippen LogP contribution >= 0.6 is 11.3 Å². The van der Waals surface area contributed by atoms with Crippen LogP contribution in [0.25, 0.3) is 11.5 Å². The van der Waals surface area contributed by atoms with Crippen molar-refractivity contribution in [1.29, 1.82) is 0 Å². The lowest BCUT2D eigenvalue weighted by Gasteiger charge is -2.23. The number of rotatable bonds is 7. The van der Waals surface area contributed by atoms with Gasteiger partial charge in [-0.15, -0.1) is 21.5 Å². The molecule has 0 saturated carbocycles. The van der Waals surface area contributed by atoms with E-state index in [0.717, 1.165) is 16.3 Å². The lowest BCUT2D eigenvalue weighted by molar-refractivity contribution is 0.0727. The van der Waals surface area contributed by atoms with Gasteiger partial charge in [0.25, 0.3) is 11.8 Å². The number of thiazole rings is 1. The van der Waals surface area contributed by atoms with Gasteiger partial charge in [-0.25, -0.2) is 14.4 Å². The first-order valence-corrected chi connectivity index (χ1v) is 12.7. The molecule has 1 saturated heterocycles. The molecule has 1 aliphatic heterocycles. The second kappa shape index (κ2) is 9.98. The van der Waals surface area contributed by atoms with Gasteiger partial charge in [0.15, 0.2) is 0 Å². The minimum atomic E-state index is -1.13. The maximum Gasteiger partial charge on any atom is 0.256 e. The molecule has 4 aromatic rings. The number of amides is 1. The molecule has 3 atom stereocenters. The minimum Gasteiger partial charge on any atom is -0.480 e. The van der Waals surface area contributed by atoms with Crippen LogP contribution in [0.1, 0.15) is 51.9 Å². The van der Waals surface area contributed by atoms with E-state index in [2.05, 4.69) is 20.2 Å². The second-order valence-corrected chi connectivity index (χ2v) is 10.3. The molecule has 1 fully saturated rings. The zero-order valence-electron chi connectivity index (χ0n) is 20.7. The number of methoxy groups -OCH3 is 1. The lowest BCUT2D eigenvalue weighted by Crippen LogP contribution is -2.35. The number of hydrogen-bond donors (Lipinski definition) is 1. The van der Waals surface area contributed by atoms with E-state index >= 15 is 0 Å². The number of ether oxygens (including phenoxy) is 1. The van der Waals surface area contributed by atoms with Crippen molar-refractivity contribution in [3.63, 3.8) is 0 Å². The first kappa shape index (κ1) is 25.0. The molecule has 11 heteroatoms. The van der Waals surface area contributed by atoms with E-state index in [1.807, 2.05) is 49.6 Å². The maximum absolute atomic E-state index is 14.4. The molecule has 5 rings (SSSR count). The molecule has 0 spiro atoms. The molecular weight excluding hydrogens is 495 g/mol. The smallest absolute Gasteiger partial charge is 0.256 e. The van der Waals surface area contributed by atoms with Crippen LogP contribution in [-0.2, 0) is 12.0 Å². The third-order valence-electron chi connectivity index (χ3n) is 6.28. The summed E-state index contributed by atoms with van der Waals surface area (Å²) in [5, 5.41) is 11.0. The van der Waals surface area contributed by atoms with Crippen molar-refractivity contribution in [2.24, 2.45) is 5.73 Å². The van der Waals surface area contributed by atoms with Crippen LogP contribution in [0.4, 0.5) is 4.39 Å². The van der Waals surface area contributed by atoms with E-state index in [-0.39, 0.29) is 42.1 Å². The molecule has 1 aliphatic rings. The van der Waals surface area contributed by atoms with Gasteiger partial charge >= 0.3 is 0 Å². The first-order valence-electron chi connectivity index (χ1n) is 11.8. The summed E-state index contributed by atoms with van der Waals surface area (Å²) in [6, 6.07) is 10.9. The molecule has 9 nitrogen and oxygen atoms in total. The topological polar surface area (TPSA) is 120 Å². The Morgan fingerprint density at radius 1 is 1.32 bits per heavy atom. The van der Waals surface area contributed by atoms with Crippen molar-refractivity contribution >= 4 is 17.2 Å². The number of aryl methyl sites for hydroxylation is 1. The summed E-state index contributed by atoms with van der Waals surface area (Å²) in [5.74, 6) is 0.215. The van der Waals surface area contributed by atoms with Gasteiger partial charge in [-0.3, -0.25) is 4.79 Å². The van der Waals surface area contributed by atoms with Crippen LogP contribution in [0.2, 0.25) is 0 Å². The monoisotopic (exact) mass is 522 g/mol. The highest BCUT2D eigenvalue weighted by molar-refractivity contribution is 7.09. The number of carbonyl (C=O) groups excluding carboxylic acids is 1. The van der Waals surface area contributed by atoms with Crippen molar-refractivity contribution in [3.8, 4) is 17.3 Å². The first-order chi connectivity index (χ1) is 17.7. The molecule has 3 unspecified atom stereocenters. The largest absolute Gasteiger partial charge is 0.480 e. The predicted octanol–water partition coefficient (Wildman–Crippen LogP) is 4.25. The van der Waals surface area contributed by atoms with Crippen LogP contribution in [0.15, 0.2) is 52.4 Å². The van der Waals surface area contributed by atoms with Crippen LogP contribution in [0, 0.1) is 6.92 Å². The summed E-state index contributed by atoms with van der Waals surface area (Å²) >= 11 is 1.42. The average Bonchev–Trinajstić information content (AvgIpc) is 3.63. The average molecular weight is 523 g/mol. The van der Waals surface area contributed by atoms with E-state index in [4.69, 9.17) is 14.9 Å². The Morgan fingerprint density at radius 3 is 2.81 bits per heavy atom. The standard InChI is InChI=1S/C26H27FN6O3S/c1-15-14-37-23(30-15)20-10-18(27)13-33(20)24(34)17-9-19(21(35-3)29-12-17)22-31-32-25(36-22)26(2,28)11-16-7-5-4-6-8-16/h4-9,12,14,18,20H,10-11,13,28H2,1-3H3. The van der Waals surface area contributed by atoms with Crippen molar-refractivity contribution in [2.45, 2.75) is 44.4 Å². The van der Waals surface area contributed by atoms with Crippen LogP contribution in [0.3, 0.4) is 0 Å². The summed E-state index contributed by atoms with van der Waals surface area (Å²) < 4.78 is 25.8. The molecule has 37 heavy (non-hydrogen) atoms. The van der Waals surface area contributed by atoms with Crippen LogP contribution in [-0.4, -0.2) is 50.8 Å². The number of benzene rings is 1. The van der Waals surface area contributed by atoms with Gasteiger partial charge in [-0.05, 0) is 31.9 Å². The molecule has 4 heterocycles. The Bertz CT molecular complexity index is 1410. The molecule has 0 bridgehead atoms. The Hall–Kier alpha value is -3.70. The Morgan fingerprint density at radius 2 is 2.11 bits per heavy atom. The van der Waals surface area contributed by atoms with Crippen molar-refractivity contribution in [2.75, 3.05) is 13.7 Å². The number of likely N-dealkylation sites (tertiary alicyclic amines) is 1. The number of halogens is 1. The number of hydrogen-bond acceptors (Lipinski definition) is 9. The number of alkyl halides is 1. The van der Waals surface area contributed by atoms with Crippen LogP contribution in [0.5, 0.6) is 5.88 Å². The molecule has 1 amide bonds. The number of pyridine rings is 1. The zero-order chi connectivity index (χ0) is 26.2. The van der Waals surface area contributed by atoms with Gasteiger partial charge in [-0.2, -0.15) is 0 Å².